The number of nitrogens with two attached hydrogens (primary N) is 1. The molecule has 2 heterocycles. The normalized spacial score (nSPS) is 17.2. The number of nitrogens with one attached hydrogen (secondary N) is 1. The highest BCUT2D eigenvalue weighted by molar-refractivity contribution is 5.88. The number of para-hydroxylation sites is 1. The zero-order valence-corrected chi connectivity index (χ0v) is 11.6. The van der Waals surface area contributed by atoms with Crippen molar-refractivity contribution in [3.05, 3.63) is 59.4 Å². The van der Waals surface area contributed by atoms with Crippen molar-refractivity contribution in [1.29, 1.82) is 0 Å². The van der Waals surface area contributed by atoms with E-state index < -0.39 is 6.23 Å². The molecule has 1 unspecified atom stereocenters. The highest BCUT2D eigenvalue weighted by atomic mass is 16.5. The molecule has 3 aromatic rings. The van der Waals surface area contributed by atoms with Crippen LogP contribution in [-0.4, -0.2) is 16.2 Å². The molecule has 21 heavy (non-hydrogen) atoms. The van der Waals surface area contributed by atoms with Crippen LogP contribution < -0.4 is 10.5 Å². The Kier molecular flexibility index (Phi) is 2.59. The molecule has 0 saturated carbocycles. The molecule has 104 valence electrons. The first kappa shape index (κ1) is 12.2. The first-order chi connectivity index (χ1) is 10.2. The van der Waals surface area contributed by atoms with Crippen LogP contribution in [0.5, 0.6) is 5.75 Å². The minimum Gasteiger partial charge on any atom is -0.471 e. The lowest BCUT2D eigenvalue weighted by atomic mass is 10.1. The number of imidazole rings is 1. The maximum absolute atomic E-state index is 6.13. The van der Waals surface area contributed by atoms with Crippen LogP contribution in [0.25, 0.3) is 22.7 Å². The summed E-state index contributed by atoms with van der Waals surface area (Å²) in [6.45, 7) is 2.06. The van der Waals surface area contributed by atoms with Crippen LogP contribution in [0.1, 0.15) is 17.0 Å². The van der Waals surface area contributed by atoms with E-state index in [1.807, 2.05) is 42.5 Å². The minimum atomic E-state index is -0.512. The summed E-state index contributed by atoms with van der Waals surface area (Å²) >= 11 is 0. The number of H-pyrrole nitrogens is 1. The second-order valence-corrected chi connectivity index (χ2v) is 5.28. The fraction of sp³-hybridized carbons (Fsp3) is 0.118. The van der Waals surface area contributed by atoms with Gasteiger partial charge in [-0.1, -0.05) is 24.3 Å². The van der Waals surface area contributed by atoms with Gasteiger partial charge in [0, 0.05) is 5.56 Å². The number of ether oxygens (including phenoxy) is 1. The molecule has 0 saturated heterocycles. The first-order valence-electron chi connectivity index (χ1n) is 6.90. The molecule has 1 atom stereocenters. The van der Waals surface area contributed by atoms with Gasteiger partial charge in [-0.15, -0.1) is 0 Å². The quantitative estimate of drug-likeness (QED) is 0.718. The molecule has 0 fully saturated rings. The van der Waals surface area contributed by atoms with Gasteiger partial charge >= 0.3 is 0 Å². The molecule has 0 spiro atoms. The first-order valence-corrected chi connectivity index (χ1v) is 6.90. The van der Waals surface area contributed by atoms with E-state index in [2.05, 4.69) is 23.0 Å². The number of hydrogen-bond donors (Lipinski definition) is 2. The van der Waals surface area contributed by atoms with Gasteiger partial charge in [0.25, 0.3) is 0 Å². The molecule has 3 N–H and O–H groups in total. The lowest BCUT2D eigenvalue weighted by molar-refractivity contribution is 0.262. The van der Waals surface area contributed by atoms with Crippen LogP contribution in [0.2, 0.25) is 0 Å². The lowest BCUT2D eigenvalue weighted by Crippen LogP contribution is -2.31. The SMILES string of the molecule is Cc1ccc2nc(C3=Cc4ccccc4OC3N)[nH]c2c1. The highest BCUT2D eigenvalue weighted by Crippen LogP contribution is 2.32. The van der Waals surface area contributed by atoms with Crippen LogP contribution >= 0.6 is 0 Å². The van der Waals surface area contributed by atoms with E-state index in [9.17, 15) is 0 Å². The summed E-state index contributed by atoms with van der Waals surface area (Å²) in [5.74, 6) is 1.57. The summed E-state index contributed by atoms with van der Waals surface area (Å²) in [4.78, 5) is 7.94. The molecule has 4 nitrogen and oxygen atoms in total. The van der Waals surface area contributed by atoms with Crippen LogP contribution in [0.15, 0.2) is 42.5 Å². The van der Waals surface area contributed by atoms with Gasteiger partial charge in [-0.05, 0) is 36.8 Å². The molecule has 1 aromatic heterocycles. The van der Waals surface area contributed by atoms with Gasteiger partial charge < -0.3 is 9.72 Å². The van der Waals surface area contributed by atoms with Crippen molar-refractivity contribution < 1.29 is 4.74 Å². The van der Waals surface area contributed by atoms with Crippen molar-refractivity contribution >= 4 is 22.7 Å². The number of aryl methyl sites for hydroxylation is 1. The molecule has 0 amide bonds. The van der Waals surface area contributed by atoms with E-state index >= 15 is 0 Å². The highest BCUT2D eigenvalue weighted by Gasteiger charge is 2.22. The smallest absolute Gasteiger partial charge is 0.177 e. The average molecular weight is 277 g/mol. The predicted octanol–water partition coefficient (Wildman–Crippen LogP) is 3.09. The summed E-state index contributed by atoms with van der Waals surface area (Å²) in [5.41, 5.74) is 11.1. The summed E-state index contributed by atoms with van der Waals surface area (Å²) < 4.78 is 5.77. The van der Waals surface area contributed by atoms with Gasteiger partial charge in [0.05, 0.1) is 16.6 Å². The van der Waals surface area contributed by atoms with Crippen molar-refractivity contribution in [2.75, 3.05) is 0 Å². The van der Waals surface area contributed by atoms with E-state index in [1.165, 1.54) is 5.56 Å². The summed E-state index contributed by atoms with van der Waals surface area (Å²) in [6.07, 6.45) is 1.52. The summed E-state index contributed by atoms with van der Waals surface area (Å²) in [7, 11) is 0. The van der Waals surface area contributed by atoms with E-state index in [4.69, 9.17) is 10.5 Å². The predicted molar refractivity (Wildman–Crippen MR) is 83.7 cm³/mol. The number of benzene rings is 2. The molecule has 4 rings (SSSR count). The van der Waals surface area contributed by atoms with Crippen LogP contribution in [0.3, 0.4) is 0 Å². The van der Waals surface area contributed by atoms with Crippen LogP contribution in [0, 0.1) is 6.92 Å². The lowest BCUT2D eigenvalue weighted by Gasteiger charge is -2.22. The molecule has 4 heteroatoms. The third-order valence-electron chi connectivity index (χ3n) is 3.70. The largest absolute Gasteiger partial charge is 0.471 e. The fourth-order valence-electron chi connectivity index (χ4n) is 2.62. The van der Waals surface area contributed by atoms with Crippen molar-refractivity contribution in [2.45, 2.75) is 13.2 Å². The van der Waals surface area contributed by atoms with Gasteiger partial charge in [0.1, 0.15) is 11.6 Å². The summed E-state index contributed by atoms with van der Waals surface area (Å²) in [5, 5.41) is 0. The molecule has 1 aliphatic rings. The van der Waals surface area contributed by atoms with Crippen molar-refractivity contribution in [2.24, 2.45) is 5.73 Å². The minimum absolute atomic E-state index is 0.512. The van der Waals surface area contributed by atoms with E-state index in [0.29, 0.717) is 0 Å². The number of nitrogens with zero attached hydrogens (tertiary/aromatic N) is 1. The van der Waals surface area contributed by atoms with E-state index in [-0.39, 0.29) is 0 Å². The Hall–Kier alpha value is -2.59. The number of fused-ring (bicyclic) bond motifs is 2. The Bertz CT molecular complexity index is 863. The fourth-order valence-corrected chi connectivity index (χ4v) is 2.62. The number of aromatic nitrogens is 2. The molecule has 1 aliphatic heterocycles. The number of rotatable bonds is 1. The van der Waals surface area contributed by atoms with Gasteiger partial charge in [-0.2, -0.15) is 0 Å². The van der Waals surface area contributed by atoms with Gasteiger partial charge in [-0.3, -0.25) is 5.73 Å². The monoisotopic (exact) mass is 277 g/mol. The van der Waals surface area contributed by atoms with Gasteiger partial charge in [0.15, 0.2) is 6.23 Å². The van der Waals surface area contributed by atoms with E-state index in [1.54, 1.807) is 0 Å². The third kappa shape index (κ3) is 2.00. The second-order valence-electron chi connectivity index (χ2n) is 5.28. The molecule has 0 aliphatic carbocycles. The van der Waals surface area contributed by atoms with Crippen LogP contribution in [-0.2, 0) is 0 Å². The standard InChI is InChI=1S/C17H15N3O/c1-10-6-7-13-14(8-10)20-17(19-13)12-9-11-4-2-3-5-15(11)21-16(12)18/h2-9,16H,18H2,1H3,(H,19,20). The van der Waals surface area contributed by atoms with Crippen molar-refractivity contribution in [1.82, 2.24) is 9.97 Å². The topological polar surface area (TPSA) is 63.9 Å². The van der Waals surface area contributed by atoms with E-state index in [0.717, 1.165) is 33.7 Å². The number of aromatic amines is 1. The maximum Gasteiger partial charge on any atom is 0.177 e. The molecule has 0 radical (unpaired) electrons. The Labute approximate surface area is 122 Å². The van der Waals surface area contributed by atoms with Crippen molar-refractivity contribution in [3.8, 4) is 5.75 Å². The third-order valence-corrected chi connectivity index (χ3v) is 3.70. The maximum atomic E-state index is 6.13. The van der Waals surface area contributed by atoms with Gasteiger partial charge in [0.2, 0.25) is 0 Å². The zero-order valence-electron chi connectivity index (χ0n) is 11.6. The second kappa shape index (κ2) is 4.46. The molecular weight excluding hydrogens is 262 g/mol. The summed E-state index contributed by atoms with van der Waals surface area (Å²) in [6, 6.07) is 14.0. The molecule has 0 bridgehead atoms. The average Bonchev–Trinajstić information content (AvgIpc) is 2.89. The zero-order chi connectivity index (χ0) is 14.4. The molecule has 2 aromatic carbocycles. The van der Waals surface area contributed by atoms with Crippen molar-refractivity contribution in [3.63, 3.8) is 0 Å². The Balaban J connectivity index is 1.86. The Morgan fingerprint density at radius 1 is 1.19 bits per heavy atom. The Morgan fingerprint density at radius 2 is 2.05 bits per heavy atom. The number of hydrogen-bond acceptors (Lipinski definition) is 3. The van der Waals surface area contributed by atoms with Crippen LogP contribution in [0.4, 0.5) is 0 Å². The Morgan fingerprint density at radius 3 is 2.95 bits per heavy atom. The molecular formula is C17H15N3O. The van der Waals surface area contributed by atoms with Gasteiger partial charge in [-0.25, -0.2) is 4.98 Å².